The fourth-order valence-corrected chi connectivity index (χ4v) is 2.44. The zero-order chi connectivity index (χ0) is 18.4. The van der Waals surface area contributed by atoms with Crippen molar-refractivity contribution in [3.05, 3.63) is 58.9 Å². The van der Waals surface area contributed by atoms with Crippen molar-refractivity contribution >= 4 is 11.6 Å². The van der Waals surface area contributed by atoms with Gasteiger partial charge in [0, 0.05) is 17.3 Å². The molecule has 0 saturated heterocycles. The van der Waals surface area contributed by atoms with E-state index in [1.807, 2.05) is 50.2 Å². The van der Waals surface area contributed by atoms with E-state index in [-0.39, 0.29) is 17.2 Å². The molecule has 7 nitrogen and oxygen atoms in total. The van der Waals surface area contributed by atoms with Crippen molar-refractivity contribution in [1.29, 1.82) is 0 Å². The first-order chi connectivity index (χ1) is 12.7. The Morgan fingerprint density at radius 3 is 2.38 bits per heavy atom. The molecular weight excluding hydrogens is 332 g/mol. The van der Waals surface area contributed by atoms with E-state index in [1.165, 1.54) is 0 Å². The highest BCUT2D eigenvalue weighted by atomic mass is 16.5. The molecule has 1 heterocycles. The molecule has 0 aliphatic carbocycles. The molecule has 2 N–H and O–H groups in total. The molecule has 0 amide bonds. The lowest BCUT2D eigenvalue weighted by molar-refractivity contribution is 0.288. The summed E-state index contributed by atoms with van der Waals surface area (Å²) in [6, 6.07) is 14.6. The molecule has 0 aliphatic heterocycles. The van der Waals surface area contributed by atoms with Crippen LogP contribution in [0, 0.1) is 0 Å². The van der Waals surface area contributed by atoms with Gasteiger partial charge in [-0.2, -0.15) is 0 Å². The van der Waals surface area contributed by atoms with Crippen molar-refractivity contribution < 1.29 is 9.47 Å². The van der Waals surface area contributed by atoms with Crippen LogP contribution in [0.4, 0.5) is 11.6 Å². The molecule has 1 aromatic heterocycles. The van der Waals surface area contributed by atoms with Crippen molar-refractivity contribution in [2.75, 3.05) is 18.5 Å². The maximum Gasteiger partial charge on any atom is 0.279 e. The second-order valence-corrected chi connectivity index (χ2v) is 5.37. The first kappa shape index (κ1) is 17.5. The van der Waals surface area contributed by atoms with E-state index < -0.39 is 0 Å². The minimum Gasteiger partial charge on any atom is -0.490 e. The second kappa shape index (κ2) is 8.15. The molecule has 26 heavy (non-hydrogen) atoms. The van der Waals surface area contributed by atoms with Crippen LogP contribution in [-0.2, 0) is 0 Å². The Bertz CT molecular complexity index is 926. The fourth-order valence-electron chi connectivity index (χ4n) is 2.44. The van der Waals surface area contributed by atoms with Gasteiger partial charge in [0.05, 0.1) is 13.2 Å². The van der Waals surface area contributed by atoms with Crippen LogP contribution in [0.25, 0.3) is 11.3 Å². The molecule has 0 bridgehead atoms. The van der Waals surface area contributed by atoms with E-state index in [1.54, 1.807) is 12.1 Å². The SMILES string of the molecule is CCOc1ccc(Nc2nnc(-c3ccccc3)c(=O)[nH]2)cc1OCC. The van der Waals surface area contributed by atoms with Crippen molar-refractivity contribution in [2.24, 2.45) is 0 Å². The summed E-state index contributed by atoms with van der Waals surface area (Å²) < 4.78 is 11.1. The normalized spacial score (nSPS) is 10.4. The number of hydrogen-bond donors (Lipinski definition) is 2. The highest BCUT2D eigenvalue weighted by Gasteiger charge is 2.09. The van der Waals surface area contributed by atoms with Gasteiger partial charge in [0.25, 0.3) is 5.56 Å². The predicted octanol–water partition coefficient (Wildman–Crippen LogP) is 3.37. The number of rotatable bonds is 7. The van der Waals surface area contributed by atoms with Gasteiger partial charge in [-0.3, -0.25) is 9.78 Å². The lowest BCUT2D eigenvalue weighted by Crippen LogP contribution is -2.15. The van der Waals surface area contributed by atoms with E-state index in [0.29, 0.717) is 36.0 Å². The summed E-state index contributed by atoms with van der Waals surface area (Å²) in [4.78, 5) is 15.0. The Morgan fingerprint density at radius 2 is 1.69 bits per heavy atom. The smallest absolute Gasteiger partial charge is 0.279 e. The minimum atomic E-state index is -0.315. The largest absolute Gasteiger partial charge is 0.490 e. The minimum absolute atomic E-state index is 0.251. The third-order valence-electron chi connectivity index (χ3n) is 3.55. The number of H-pyrrole nitrogens is 1. The Hall–Kier alpha value is -3.35. The number of aromatic nitrogens is 3. The average Bonchev–Trinajstić information content (AvgIpc) is 2.65. The van der Waals surface area contributed by atoms with Crippen LogP contribution in [0.1, 0.15) is 13.8 Å². The van der Waals surface area contributed by atoms with Gasteiger partial charge in [-0.1, -0.05) is 30.3 Å². The molecule has 7 heteroatoms. The Kier molecular flexibility index (Phi) is 5.48. The summed E-state index contributed by atoms with van der Waals surface area (Å²) >= 11 is 0. The molecule has 0 aliphatic rings. The Balaban J connectivity index is 1.84. The molecular formula is C19H20N4O3. The van der Waals surface area contributed by atoms with Gasteiger partial charge in [-0.25, -0.2) is 0 Å². The van der Waals surface area contributed by atoms with E-state index in [9.17, 15) is 4.79 Å². The van der Waals surface area contributed by atoms with Gasteiger partial charge < -0.3 is 14.8 Å². The topological polar surface area (TPSA) is 89.1 Å². The van der Waals surface area contributed by atoms with Crippen LogP contribution in [0.3, 0.4) is 0 Å². The van der Waals surface area contributed by atoms with Gasteiger partial charge >= 0.3 is 0 Å². The van der Waals surface area contributed by atoms with Gasteiger partial charge in [0.2, 0.25) is 5.95 Å². The predicted molar refractivity (Wildman–Crippen MR) is 100 cm³/mol. The monoisotopic (exact) mass is 352 g/mol. The number of nitrogens with one attached hydrogen (secondary N) is 2. The summed E-state index contributed by atoms with van der Waals surface area (Å²) in [6.07, 6.45) is 0. The van der Waals surface area contributed by atoms with Crippen LogP contribution in [0.5, 0.6) is 11.5 Å². The standard InChI is InChI=1S/C19H20N4O3/c1-3-25-15-11-10-14(12-16(15)26-4-2)20-19-21-18(24)17(22-23-19)13-8-6-5-7-9-13/h5-12H,3-4H2,1-2H3,(H2,20,21,23,24). The van der Waals surface area contributed by atoms with Crippen LogP contribution >= 0.6 is 0 Å². The average molecular weight is 352 g/mol. The highest BCUT2D eigenvalue weighted by molar-refractivity contribution is 5.61. The van der Waals surface area contributed by atoms with Crippen molar-refractivity contribution in [2.45, 2.75) is 13.8 Å². The molecule has 134 valence electrons. The number of anilines is 2. The molecule has 3 rings (SSSR count). The number of nitrogens with zero attached hydrogens (tertiary/aromatic N) is 2. The maximum absolute atomic E-state index is 12.3. The van der Waals surface area contributed by atoms with Crippen LogP contribution in [0.2, 0.25) is 0 Å². The summed E-state index contributed by atoms with van der Waals surface area (Å²) in [5, 5.41) is 11.1. The third-order valence-corrected chi connectivity index (χ3v) is 3.55. The van der Waals surface area contributed by atoms with Gasteiger partial charge in [0.1, 0.15) is 0 Å². The molecule has 2 aromatic carbocycles. The van der Waals surface area contributed by atoms with Gasteiger partial charge in [0.15, 0.2) is 17.2 Å². The second-order valence-electron chi connectivity index (χ2n) is 5.37. The van der Waals surface area contributed by atoms with E-state index in [4.69, 9.17) is 9.47 Å². The highest BCUT2D eigenvalue weighted by Crippen LogP contribution is 2.31. The molecule has 0 fully saturated rings. The zero-order valence-corrected chi connectivity index (χ0v) is 14.7. The number of hydrogen-bond acceptors (Lipinski definition) is 6. The summed E-state index contributed by atoms with van der Waals surface area (Å²) in [5.74, 6) is 1.54. The first-order valence-electron chi connectivity index (χ1n) is 8.40. The molecule has 3 aromatic rings. The van der Waals surface area contributed by atoms with Crippen LogP contribution in [-0.4, -0.2) is 28.4 Å². The lowest BCUT2D eigenvalue weighted by Gasteiger charge is -2.13. The van der Waals surface area contributed by atoms with Crippen LogP contribution < -0.4 is 20.3 Å². The first-order valence-corrected chi connectivity index (χ1v) is 8.40. The summed E-state index contributed by atoms with van der Waals surface area (Å²) in [5.41, 5.74) is 1.38. The molecule has 0 saturated carbocycles. The van der Waals surface area contributed by atoms with Gasteiger partial charge in [-0.15, -0.1) is 10.2 Å². The molecule has 0 unspecified atom stereocenters. The number of ether oxygens (including phenoxy) is 2. The summed E-state index contributed by atoms with van der Waals surface area (Å²) in [6.45, 7) is 4.89. The molecule has 0 spiro atoms. The number of benzene rings is 2. The van der Waals surface area contributed by atoms with E-state index in [2.05, 4.69) is 20.5 Å². The quantitative estimate of drug-likeness (QED) is 0.678. The lowest BCUT2D eigenvalue weighted by atomic mass is 10.2. The Morgan fingerprint density at radius 1 is 0.962 bits per heavy atom. The van der Waals surface area contributed by atoms with Crippen molar-refractivity contribution in [3.63, 3.8) is 0 Å². The zero-order valence-electron chi connectivity index (χ0n) is 14.7. The van der Waals surface area contributed by atoms with Gasteiger partial charge in [-0.05, 0) is 26.0 Å². The van der Waals surface area contributed by atoms with Crippen LogP contribution in [0.15, 0.2) is 53.3 Å². The van der Waals surface area contributed by atoms with E-state index in [0.717, 1.165) is 0 Å². The number of aromatic amines is 1. The van der Waals surface area contributed by atoms with Crippen molar-refractivity contribution in [3.8, 4) is 22.8 Å². The van der Waals surface area contributed by atoms with Crippen molar-refractivity contribution in [1.82, 2.24) is 15.2 Å². The molecule has 0 radical (unpaired) electrons. The Labute approximate surface area is 151 Å². The molecule has 0 atom stereocenters. The third kappa shape index (κ3) is 4.00. The van der Waals surface area contributed by atoms with E-state index >= 15 is 0 Å². The maximum atomic E-state index is 12.3. The fraction of sp³-hybridized carbons (Fsp3) is 0.211. The summed E-state index contributed by atoms with van der Waals surface area (Å²) in [7, 11) is 0.